The predicted molar refractivity (Wildman–Crippen MR) is 139 cm³/mol. The molecule has 2 atom stereocenters. The lowest BCUT2D eigenvalue weighted by molar-refractivity contribution is -0.122. The lowest BCUT2D eigenvalue weighted by Gasteiger charge is -2.36. The molecular formula is C24H27Cl2N5O2S. The number of halogens is 2. The van der Waals surface area contributed by atoms with Crippen molar-refractivity contribution < 1.29 is 9.59 Å². The predicted octanol–water partition coefficient (Wildman–Crippen LogP) is 3.38. The van der Waals surface area contributed by atoms with Crippen LogP contribution >= 0.6 is 36.6 Å². The van der Waals surface area contributed by atoms with E-state index in [2.05, 4.69) is 15.6 Å². The van der Waals surface area contributed by atoms with Crippen LogP contribution in [-0.2, 0) is 9.59 Å². The van der Waals surface area contributed by atoms with Crippen LogP contribution in [0.15, 0.2) is 64.7 Å². The number of imidazole rings is 1. The molecule has 0 saturated carbocycles. The van der Waals surface area contributed by atoms with Gasteiger partial charge in [-0.15, -0.1) is 24.8 Å². The highest BCUT2D eigenvalue weighted by molar-refractivity contribution is 8.04. The van der Waals surface area contributed by atoms with E-state index in [9.17, 15) is 9.59 Å². The Morgan fingerprint density at radius 2 is 1.82 bits per heavy atom. The first-order valence-corrected chi connectivity index (χ1v) is 11.7. The molecule has 1 aromatic carbocycles. The van der Waals surface area contributed by atoms with Crippen molar-refractivity contribution in [3.05, 3.63) is 70.9 Å². The van der Waals surface area contributed by atoms with Crippen LogP contribution < -0.4 is 16.4 Å². The van der Waals surface area contributed by atoms with Gasteiger partial charge in [-0.2, -0.15) is 0 Å². The quantitative estimate of drug-likeness (QED) is 0.463. The molecule has 2 amide bonds. The monoisotopic (exact) mass is 519 g/mol. The molecule has 180 valence electrons. The Hall–Kier alpha value is -2.52. The summed E-state index contributed by atoms with van der Waals surface area (Å²) >= 11 is 1.41. The topological polar surface area (TPSA) is 102 Å². The van der Waals surface area contributed by atoms with Crippen LogP contribution in [0, 0.1) is 5.92 Å². The van der Waals surface area contributed by atoms with Crippen molar-refractivity contribution in [1.82, 2.24) is 20.0 Å². The van der Waals surface area contributed by atoms with Gasteiger partial charge in [0.1, 0.15) is 5.65 Å². The number of hydrogen-bond acceptors (Lipinski definition) is 5. The van der Waals surface area contributed by atoms with Gasteiger partial charge in [0.2, 0.25) is 5.91 Å². The van der Waals surface area contributed by atoms with E-state index < -0.39 is 11.8 Å². The number of hydrogen-bond donors (Lipinski definition) is 3. The zero-order valence-electron chi connectivity index (χ0n) is 18.3. The van der Waals surface area contributed by atoms with Gasteiger partial charge < -0.3 is 16.4 Å². The molecule has 2 unspecified atom stereocenters. The summed E-state index contributed by atoms with van der Waals surface area (Å²) in [5.74, 6) is -1.05. The summed E-state index contributed by atoms with van der Waals surface area (Å²) in [7, 11) is 0. The lowest BCUT2D eigenvalue weighted by atomic mass is 9.79. The summed E-state index contributed by atoms with van der Waals surface area (Å²) in [5, 5.41) is 7.50. The van der Waals surface area contributed by atoms with E-state index in [1.54, 1.807) is 6.20 Å². The molecule has 1 saturated heterocycles. The number of rotatable bonds is 6. The number of nitrogens with zero attached hydrogens (tertiary/aromatic N) is 2. The van der Waals surface area contributed by atoms with E-state index in [0.29, 0.717) is 4.91 Å². The molecule has 10 heteroatoms. The van der Waals surface area contributed by atoms with E-state index >= 15 is 0 Å². The third kappa shape index (κ3) is 5.10. The molecule has 0 spiro atoms. The molecule has 34 heavy (non-hydrogen) atoms. The number of nitrogens with one attached hydrogen (secondary N) is 2. The fourth-order valence-electron chi connectivity index (χ4n) is 4.71. The summed E-state index contributed by atoms with van der Waals surface area (Å²) in [6, 6.07) is 15.0. The maximum Gasteiger partial charge on any atom is 0.258 e. The van der Waals surface area contributed by atoms with Crippen LogP contribution in [0.2, 0.25) is 0 Å². The van der Waals surface area contributed by atoms with Gasteiger partial charge in [-0.3, -0.25) is 14.0 Å². The van der Waals surface area contributed by atoms with Crippen LogP contribution in [0.25, 0.3) is 11.7 Å². The highest BCUT2D eigenvalue weighted by Gasteiger charge is 2.37. The van der Waals surface area contributed by atoms with Crippen molar-refractivity contribution in [2.45, 2.75) is 29.8 Å². The molecule has 4 N–H and O–H groups in total. The summed E-state index contributed by atoms with van der Waals surface area (Å²) in [6.45, 7) is 1.71. The van der Waals surface area contributed by atoms with Crippen molar-refractivity contribution in [1.29, 1.82) is 0 Å². The molecular weight excluding hydrogens is 493 g/mol. The van der Waals surface area contributed by atoms with E-state index in [-0.39, 0.29) is 42.7 Å². The second kappa shape index (κ2) is 11.3. The number of carbonyl (C=O) groups excluding carboxylic acids is 2. The van der Waals surface area contributed by atoms with Crippen molar-refractivity contribution in [3.8, 4) is 0 Å². The van der Waals surface area contributed by atoms with Gasteiger partial charge in [0.25, 0.3) is 5.91 Å². The van der Waals surface area contributed by atoms with Gasteiger partial charge in [-0.25, -0.2) is 4.98 Å². The van der Waals surface area contributed by atoms with E-state index in [1.807, 2.05) is 59.0 Å². The molecule has 2 aliphatic rings. The Morgan fingerprint density at radius 1 is 1.09 bits per heavy atom. The summed E-state index contributed by atoms with van der Waals surface area (Å²) in [6.07, 6.45) is 5.38. The fourth-order valence-corrected chi connectivity index (χ4v) is 5.70. The second-order valence-corrected chi connectivity index (χ2v) is 9.29. The fraction of sp³-hybridized carbons (Fsp3) is 0.292. The maximum atomic E-state index is 13.5. The van der Waals surface area contributed by atoms with E-state index in [4.69, 9.17) is 5.73 Å². The molecule has 0 aliphatic carbocycles. The molecule has 1 fully saturated rings. The first kappa shape index (κ1) is 26.1. The highest BCUT2D eigenvalue weighted by Crippen LogP contribution is 2.36. The molecule has 0 bridgehead atoms. The Balaban J connectivity index is 0.00000162. The van der Waals surface area contributed by atoms with Gasteiger partial charge in [0.05, 0.1) is 27.7 Å². The second-order valence-electron chi connectivity index (χ2n) is 8.23. The SMILES string of the molecule is Cl.Cl.NC(=O)C(c1ccccc1)C(NC(=O)C1=Cc2cnc3cccc(n23)S1)C1CCNCC1. The lowest BCUT2D eigenvalue weighted by Crippen LogP contribution is -2.51. The van der Waals surface area contributed by atoms with Gasteiger partial charge in [0, 0.05) is 6.04 Å². The zero-order valence-corrected chi connectivity index (χ0v) is 20.8. The standard InChI is InChI=1S/C24H25N5O2S.2ClH/c25-23(30)21(15-5-2-1-3-6-15)22(16-9-11-26-12-10-16)28-24(31)18-13-17-14-27-19-7-4-8-20(32-18)29(17)19;;/h1-8,13-14,16,21-22,26H,9-12H2,(H2,25,30)(H,28,31);2*1H. The minimum Gasteiger partial charge on any atom is -0.369 e. The average molecular weight is 520 g/mol. The Labute approximate surface area is 214 Å². The van der Waals surface area contributed by atoms with Crippen molar-refractivity contribution in [2.75, 3.05) is 13.1 Å². The molecule has 0 radical (unpaired) electrons. The Kier molecular flexibility index (Phi) is 8.65. The van der Waals surface area contributed by atoms with Crippen molar-refractivity contribution >= 4 is 60.1 Å². The molecule has 7 nitrogen and oxygen atoms in total. The van der Waals surface area contributed by atoms with E-state index in [1.165, 1.54) is 11.8 Å². The number of primary amides is 1. The molecule has 2 aromatic heterocycles. The Bertz CT molecular complexity index is 1190. The number of piperidine rings is 1. The van der Waals surface area contributed by atoms with Crippen molar-refractivity contribution in [3.63, 3.8) is 0 Å². The van der Waals surface area contributed by atoms with Gasteiger partial charge in [-0.05, 0) is 55.6 Å². The largest absolute Gasteiger partial charge is 0.369 e. The number of aromatic nitrogens is 2. The zero-order chi connectivity index (χ0) is 22.1. The molecule has 5 rings (SSSR count). The first-order valence-electron chi connectivity index (χ1n) is 10.8. The summed E-state index contributed by atoms with van der Waals surface area (Å²) in [5.41, 5.74) is 8.45. The average Bonchev–Trinajstić information content (AvgIpc) is 3.24. The van der Waals surface area contributed by atoms with Crippen LogP contribution in [-0.4, -0.2) is 40.3 Å². The molecule has 3 aromatic rings. The number of nitrogens with two attached hydrogens (primary N) is 1. The third-order valence-corrected chi connectivity index (χ3v) is 7.30. The maximum absolute atomic E-state index is 13.5. The normalized spacial score (nSPS) is 17.0. The smallest absolute Gasteiger partial charge is 0.258 e. The highest BCUT2D eigenvalue weighted by atomic mass is 35.5. The number of pyridine rings is 1. The van der Waals surface area contributed by atoms with Gasteiger partial charge in [-0.1, -0.05) is 48.2 Å². The molecule has 4 heterocycles. The van der Waals surface area contributed by atoms with E-state index in [0.717, 1.165) is 47.9 Å². The number of carbonyl (C=O) groups is 2. The molecule has 2 aliphatic heterocycles. The number of thioether (sulfide) groups is 1. The number of benzene rings is 1. The van der Waals surface area contributed by atoms with Crippen LogP contribution in [0.3, 0.4) is 0 Å². The van der Waals surface area contributed by atoms with Crippen LogP contribution in [0.5, 0.6) is 0 Å². The van der Waals surface area contributed by atoms with Gasteiger partial charge >= 0.3 is 0 Å². The Morgan fingerprint density at radius 3 is 2.53 bits per heavy atom. The summed E-state index contributed by atoms with van der Waals surface area (Å²) < 4.78 is 2.03. The summed E-state index contributed by atoms with van der Waals surface area (Å²) in [4.78, 5) is 31.1. The van der Waals surface area contributed by atoms with Crippen LogP contribution in [0.1, 0.15) is 30.0 Å². The number of amides is 2. The first-order chi connectivity index (χ1) is 15.6. The third-order valence-electron chi connectivity index (χ3n) is 6.25. The van der Waals surface area contributed by atoms with Crippen LogP contribution in [0.4, 0.5) is 0 Å². The van der Waals surface area contributed by atoms with Gasteiger partial charge in [0.15, 0.2) is 0 Å². The minimum atomic E-state index is -0.591. The van der Waals surface area contributed by atoms with Crippen molar-refractivity contribution in [2.24, 2.45) is 11.7 Å². The minimum absolute atomic E-state index is 0.